The second kappa shape index (κ2) is 8.31. The average molecular weight is 519 g/mol. The monoisotopic (exact) mass is 518 g/mol. The number of benzene rings is 5. The van der Waals surface area contributed by atoms with Gasteiger partial charge in [-0.2, -0.15) is 0 Å². The van der Waals surface area contributed by atoms with E-state index in [4.69, 9.17) is 0 Å². The van der Waals surface area contributed by atoms with Crippen LogP contribution in [0.2, 0.25) is 0 Å². The van der Waals surface area contributed by atoms with Crippen LogP contribution in [-0.2, 0) is 10.8 Å². The van der Waals surface area contributed by atoms with Crippen LogP contribution in [0.4, 0.5) is 0 Å². The van der Waals surface area contributed by atoms with Crippen molar-refractivity contribution in [3.8, 4) is 0 Å². The summed E-state index contributed by atoms with van der Waals surface area (Å²) in [5, 5.41) is 5.46. The van der Waals surface area contributed by atoms with Gasteiger partial charge in [-0.15, -0.1) is 0 Å². The first-order valence-electron chi connectivity index (χ1n) is 14.6. The van der Waals surface area contributed by atoms with Crippen LogP contribution in [0.25, 0.3) is 43.8 Å². The number of fused-ring (bicyclic) bond motifs is 4. The molecule has 0 atom stereocenters. The third-order valence-electron chi connectivity index (χ3n) is 9.94. The fourth-order valence-electron chi connectivity index (χ4n) is 8.18. The molecular weight excluding hydrogens is 480 g/mol. The summed E-state index contributed by atoms with van der Waals surface area (Å²) in [5.41, 5.74) is 16.6. The van der Waals surface area contributed by atoms with Gasteiger partial charge >= 0.3 is 0 Å². The maximum atomic E-state index is 2.44. The first-order valence-corrected chi connectivity index (χ1v) is 14.6. The zero-order chi connectivity index (χ0) is 28.1. The van der Waals surface area contributed by atoms with Crippen molar-refractivity contribution < 1.29 is 0 Å². The van der Waals surface area contributed by atoms with Crippen molar-refractivity contribution >= 4 is 43.8 Å². The van der Waals surface area contributed by atoms with Gasteiger partial charge in [-0.3, -0.25) is 0 Å². The summed E-state index contributed by atoms with van der Waals surface area (Å²) in [5.74, 6) is 0. The van der Waals surface area contributed by atoms with Crippen molar-refractivity contribution in [2.24, 2.45) is 0 Å². The Morgan fingerprint density at radius 1 is 0.425 bits per heavy atom. The molecule has 0 aliphatic heterocycles. The van der Waals surface area contributed by atoms with Crippen LogP contribution in [0, 0.1) is 13.8 Å². The van der Waals surface area contributed by atoms with Crippen molar-refractivity contribution in [3.63, 3.8) is 0 Å². The number of hydrogen-bond acceptors (Lipinski definition) is 0. The van der Waals surface area contributed by atoms with Crippen LogP contribution in [0.15, 0.2) is 84.9 Å². The van der Waals surface area contributed by atoms with E-state index in [9.17, 15) is 0 Å². The van der Waals surface area contributed by atoms with Crippen LogP contribution in [-0.4, -0.2) is 0 Å². The van der Waals surface area contributed by atoms with Crippen LogP contribution in [0.5, 0.6) is 0 Å². The predicted molar refractivity (Wildman–Crippen MR) is 175 cm³/mol. The van der Waals surface area contributed by atoms with Gasteiger partial charge in [-0.05, 0) is 105 Å². The van der Waals surface area contributed by atoms with Crippen molar-refractivity contribution in [1.82, 2.24) is 0 Å². The largest absolute Gasteiger partial charge is 0.0619 e. The fourth-order valence-corrected chi connectivity index (χ4v) is 8.18. The lowest BCUT2D eigenvalue weighted by Gasteiger charge is -2.31. The third kappa shape index (κ3) is 3.20. The Kier molecular flexibility index (Phi) is 5.21. The zero-order valence-corrected chi connectivity index (χ0v) is 25.1. The Balaban J connectivity index is 1.68. The lowest BCUT2D eigenvalue weighted by Crippen LogP contribution is -2.18. The van der Waals surface area contributed by atoms with Crippen LogP contribution < -0.4 is 0 Å². The molecule has 0 heteroatoms. The number of allylic oxidation sites excluding steroid dienone is 4. The van der Waals surface area contributed by atoms with E-state index >= 15 is 0 Å². The Hall–Kier alpha value is -3.90. The van der Waals surface area contributed by atoms with Gasteiger partial charge < -0.3 is 0 Å². The summed E-state index contributed by atoms with van der Waals surface area (Å²) in [7, 11) is 0. The summed E-state index contributed by atoms with van der Waals surface area (Å²) >= 11 is 0. The lowest BCUT2D eigenvalue weighted by molar-refractivity contribution is 0.704. The molecule has 5 aromatic rings. The highest BCUT2D eigenvalue weighted by Gasteiger charge is 2.41. The normalized spacial score (nSPS) is 17.2. The molecule has 40 heavy (non-hydrogen) atoms. The molecule has 7 rings (SSSR count). The Labute approximate surface area is 239 Å². The van der Waals surface area contributed by atoms with Crippen molar-refractivity contribution in [2.75, 3.05) is 0 Å². The molecule has 0 nitrogen and oxygen atoms in total. The van der Waals surface area contributed by atoms with Gasteiger partial charge in [-0.25, -0.2) is 0 Å². The smallest absolute Gasteiger partial charge is 0.0161 e. The highest BCUT2D eigenvalue weighted by Crippen LogP contribution is 2.57. The lowest BCUT2D eigenvalue weighted by atomic mass is 9.72. The van der Waals surface area contributed by atoms with E-state index in [1.165, 1.54) is 88.3 Å². The highest BCUT2D eigenvalue weighted by atomic mass is 14.4. The van der Waals surface area contributed by atoms with E-state index in [1.54, 1.807) is 0 Å². The van der Waals surface area contributed by atoms with E-state index in [0.29, 0.717) is 0 Å². The van der Waals surface area contributed by atoms with Gasteiger partial charge in [0.25, 0.3) is 0 Å². The molecule has 198 valence electrons. The Morgan fingerprint density at radius 2 is 0.800 bits per heavy atom. The van der Waals surface area contributed by atoms with Gasteiger partial charge in [0, 0.05) is 10.8 Å². The van der Waals surface area contributed by atoms with Crippen molar-refractivity contribution in [3.05, 3.63) is 129 Å². The molecular formula is C40H38. The molecule has 5 aromatic carbocycles. The maximum absolute atomic E-state index is 2.44. The second-order valence-corrected chi connectivity index (χ2v) is 13.2. The molecule has 0 saturated heterocycles. The number of hydrogen-bond donors (Lipinski definition) is 0. The number of rotatable bonds is 2. The van der Waals surface area contributed by atoms with Crippen molar-refractivity contribution in [2.45, 2.75) is 66.2 Å². The van der Waals surface area contributed by atoms with Gasteiger partial charge in [0.05, 0.1) is 0 Å². The van der Waals surface area contributed by atoms with E-state index in [-0.39, 0.29) is 10.8 Å². The Morgan fingerprint density at radius 3 is 1.18 bits per heavy atom. The molecule has 0 N–H and O–H groups in total. The highest BCUT2D eigenvalue weighted by molar-refractivity contribution is 6.23. The Bertz CT molecular complexity index is 1820. The molecule has 2 aliphatic carbocycles. The maximum Gasteiger partial charge on any atom is 0.0161 e. The van der Waals surface area contributed by atoms with E-state index in [2.05, 4.69) is 140 Å². The van der Waals surface area contributed by atoms with Gasteiger partial charge in [-0.1, -0.05) is 124 Å². The molecule has 0 heterocycles. The van der Waals surface area contributed by atoms with Gasteiger partial charge in [0.15, 0.2) is 0 Å². The van der Waals surface area contributed by atoms with Gasteiger partial charge in [0.2, 0.25) is 0 Å². The van der Waals surface area contributed by atoms with E-state index in [1.807, 2.05) is 0 Å². The van der Waals surface area contributed by atoms with Crippen LogP contribution in [0.1, 0.15) is 86.1 Å². The van der Waals surface area contributed by atoms with Gasteiger partial charge in [0.1, 0.15) is 0 Å². The number of aryl methyl sites for hydroxylation is 2. The molecule has 0 aromatic heterocycles. The molecule has 0 bridgehead atoms. The summed E-state index contributed by atoms with van der Waals surface area (Å²) in [6.07, 6.45) is 0. The summed E-state index contributed by atoms with van der Waals surface area (Å²) < 4.78 is 0. The van der Waals surface area contributed by atoms with E-state index < -0.39 is 0 Å². The second-order valence-electron chi connectivity index (χ2n) is 13.2. The molecule has 0 saturated carbocycles. The third-order valence-corrected chi connectivity index (χ3v) is 9.94. The fraction of sp³-hybridized carbons (Fsp3) is 0.250. The molecule has 0 radical (unpaired) electrons. The minimum Gasteiger partial charge on any atom is -0.0619 e. The first-order chi connectivity index (χ1) is 19.0. The van der Waals surface area contributed by atoms with E-state index in [0.717, 1.165) is 0 Å². The zero-order valence-electron chi connectivity index (χ0n) is 25.1. The summed E-state index contributed by atoms with van der Waals surface area (Å²) in [4.78, 5) is 0. The topological polar surface area (TPSA) is 0 Å². The SMILES string of the molecule is CC1=C(c2c3ccc(C)cc3c(C3=C(C)c4ccccc4C3(C)C)c3ccc(C)cc23)C(C)(C)c2ccccc21. The molecule has 2 aliphatic rings. The van der Waals surface area contributed by atoms with Crippen LogP contribution in [0.3, 0.4) is 0 Å². The minimum absolute atomic E-state index is 0.0886. The molecule has 0 unspecified atom stereocenters. The summed E-state index contributed by atoms with van der Waals surface area (Å²) in [6, 6.07) is 32.3. The molecule has 0 fully saturated rings. The molecule has 0 spiro atoms. The van der Waals surface area contributed by atoms with Crippen molar-refractivity contribution in [1.29, 1.82) is 0 Å². The molecule has 0 amide bonds. The minimum atomic E-state index is -0.0886. The van der Waals surface area contributed by atoms with Crippen LogP contribution >= 0.6 is 0 Å². The first kappa shape index (κ1) is 25.1. The average Bonchev–Trinajstić information content (AvgIpc) is 3.25. The summed E-state index contributed by atoms with van der Waals surface area (Å²) in [6.45, 7) is 18.8. The predicted octanol–water partition coefficient (Wildman–Crippen LogP) is 11.1. The quantitative estimate of drug-likeness (QED) is 0.204. The standard InChI is InChI=1S/C40H38/c1-23-17-19-29-31(21-23)35(37-25(3)27-13-9-11-15-33(27)39(37,5)6)30-20-18-24(2)22-32(30)36(29)38-26(4)28-14-10-12-16-34(28)40(38,7)8/h9-22H,1-8H3.